The number of hydrogen-bond donors (Lipinski definition) is 3. The summed E-state index contributed by atoms with van der Waals surface area (Å²) in [5, 5.41) is 5.60. The zero-order chi connectivity index (χ0) is 23.3. The van der Waals surface area contributed by atoms with Gasteiger partial charge in [0.25, 0.3) is 11.8 Å². The lowest BCUT2D eigenvalue weighted by Gasteiger charge is -2.11. The molecule has 1 aromatic heterocycles. The van der Waals surface area contributed by atoms with Crippen molar-refractivity contribution in [2.75, 3.05) is 13.3 Å². The van der Waals surface area contributed by atoms with Crippen LogP contribution in [-0.4, -0.2) is 35.1 Å². The molecule has 3 aromatic carbocycles. The second kappa shape index (κ2) is 9.50. The van der Waals surface area contributed by atoms with Crippen LogP contribution in [0.1, 0.15) is 21.7 Å². The predicted octanol–water partition coefficient (Wildman–Crippen LogP) is 3.42. The third-order valence-corrected chi connectivity index (χ3v) is 5.32. The Kier molecular flexibility index (Phi) is 5.94. The molecule has 0 saturated carbocycles. The molecule has 0 saturated heterocycles. The number of aromatic nitrogens is 2. The number of para-hydroxylation sites is 2. The van der Waals surface area contributed by atoms with Crippen LogP contribution in [0.4, 0.5) is 0 Å². The standard InChI is InChI=1S/C26H22N4O4/c31-25(18-6-2-1-3-7-18)30-21(14-17-10-11-22-23(15-17)34-16-33-22)26(32)27-13-12-24-28-19-8-4-5-9-20(19)29-24/h1-11,14-15H,12-13,16H2,(H,27,32)(H,28,29)(H,30,31)/b21-14-. The van der Waals surface area contributed by atoms with Crippen LogP contribution in [0.3, 0.4) is 0 Å². The molecule has 0 spiro atoms. The van der Waals surface area contributed by atoms with Crippen LogP contribution < -0.4 is 20.1 Å². The fourth-order valence-corrected chi connectivity index (χ4v) is 3.63. The van der Waals surface area contributed by atoms with E-state index < -0.39 is 5.91 Å². The number of carbonyl (C=O) groups excluding carboxylic acids is 2. The number of rotatable bonds is 7. The van der Waals surface area contributed by atoms with E-state index in [1.54, 1.807) is 48.5 Å². The third kappa shape index (κ3) is 4.75. The van der Waals surface area contributed by atoms with Crippen LogP contribution in [0.15, 0.2) is 78.5 Å². The minimum Gasteiger partial charge on any atom is -0.454 e. The van der Waals surface area contributed by atoms with Gasteiger partial charge in [-0.1, -0.05) is 36.4 Å². The number of benzene rings is 3. The number of hydrogen-bond acceptors (Lipinski definition) is 5. The molecule has 1 aliphatic heterocycles. The van der Waals surface area contributed by atoms with E-state index in [0.717, 1.165) is 16.9 Å². The molecular weight excluding hydrogens is 432 g/mol. The molecule has 2 amide bonds. The number of amides is 2. The van der Waals surface area contributed by atoms with Gasteiger partial charge in [0.1, 0.15) is 11.5 Å². The number of imidazole rings is 1. The molecule has 0 fully saturated rings. The SMILES string of the molecule is O=C(NCCc1nc2ccccc2[nH]1)/C(=C/c1ccc2c(c1)OCO2)NC(=O)c1ccccc1. The molecule has 34 heavy (non-hydrogen) atoms. The van der Waals surface area contributed by atoms with Crippen LogP contribution in [0.5, 0.6) is 11.5 Å². The first-order valence-corrected chi connectivity index (χ1v) is 10.9. The third-order valence-electron chi connectivity index (χ3n) is 5.32. The summed E-state index contributed by atoms with van der Waals surface area (Å²) in [6.45, 7) is 0.501. The van der Waals surface area contributed by atoms with Gasteiger partial charge in [-0.3, -0.25) is 9.59 Å². The number of H-pyrrole nitrogens is 1. The second-order valence-corrected chi connectivity index (χ2v) is 7.70. The van der Waals surface area contributed by atoms with Crippen molar-refractivity contribution in [3.8, 4) is 11.5 Å². The second-order valence-electron chi connectivity index (χ2n) is 7.70. The van der Waals surface area contributed by atoms with Crippen LogP contribution in [0, 0.1) is 0 Å². The largest absolute Gasteiger partial charge is 0.454 e. The van der Waals surface area contributed by atoms with E-state index in [-0.39, 0.29) is 18.4 Å². The molecule has 0 bridgehead atoms. The van der Waals surface area contributed by atoms with E-state index in [9.17, 15) is 9.59 Å². The van der Waals surface area contributed by atoms with Gasteiger partial charge >= 0.3 is 0 Å². The smallest absolute Gasteiger partial charge is 0.267 e. The van der Waals surface area contributed by atoms with E-state index in [0.29, 0.717) is 35.6 Å². The van der Waals surface area contributed by atoms with Gasteiger partial charge < -0.3 is 25.1 Å². The average molecular weight is 454 g/mol. The minimum atomic E-state index is -0.405. The highest BCUT2D eigenvalue weighted by molar-refractivity contribution is 6.05. The van der Waals surface area contributed by atoms with Crippen molar-refractivity contribution in [2.24, 2.45) is 0 Å². The molecule has 0 aliphatic carbocycles. The van der Waals surface area contributed by atoms with Crippen LogP contribution in [0.25, 0.3) is 17.1 Å². The maximum absolute atomic E-state index is 13.0. The minimum absolute atomic E-state index is 0.123. The van der Waals surface area contributed by atoms with Gasteiger partial charge in [-0.15, -0.1) is 0 Å². The Balaban J connectivity index is 1.32. The maximum Gasteiger partial charge on any atom is 0.267 e. The molecule has 8 nitrogen and oxygen atoms in total. The van der Waals surface area contributed by atoms with Crippen LogP contribution in [-0.2, 0) is 11.2 Å². The predicted molar refractivity (Wildman–Crippen MR) is 127 cm³/mol. The van der Waals surface area contributed by atoms with E-state index >= 15 is 0 Å². The summed E-state index contributed by atoms with van der Waals surface area (Å²) in [5.74, 6) is 1.23. The van der Waals surface area contributed by atoms with E-state index in [2.05, 4.69) is 20.6 Å². The van der Waals surface area contributed by atoms with E-state index in [4.69, 9.17) is 9.47 Å². The molecule has 8 heteroatoms. The van der Waals surface area contributed by atoms with E-state index in [1.807, 2.05) is 30.3 Å². The first-order valence-electron chi connectivity index (χ1n) is 10.9. The normalized spacial score (nSPS) is 12.5. The molecule has 5 rings (SSSR count). The Hall–Kier alpha value is -4.59. The van der Waals surface area contributed by atoms with Gasteiger partial charge in [0, 0.05) is 18.5 Å². The summed E-state index contributed by atoms with van der Waals surface area (Å²) in [6.07, 6.45) is 2.13. The lowest BCUT2D eigenvalue weighted by molar-refractivity contribution is -0.117. The van der Waals surface area contributed by atoms with Crippen molar-refractivity contribution in [3.05, 3.63) is 95.4 Å². The Bertz CT molecular complexity index is 1350. The maximum atomic E-state index is 13.0. The van der Waals surface area contributed by atoms with Crippen molar-refractivity contribution < 1.29 is 19.1 Å². The number of fused-ring (bicyclic) bond motifs is 2. The first kappa shape index (κ1) is 21.3. The number of carbonyl (C=O) groups is 2. The molecule has 0 radical (unpaired) electrons. The number of nitrogens with zero attached hydrogens (tertiary/aromatic N) is 1. The summed E-state index contributed by atoms with van der Waals surface area (Å²) < 4.78 is 10.8. The summed E-state index contributed by atoms with van der Waals surface area (Å²) in [7, 11) is 0. The van der Waals surface area contributed by atoms with Crippen molar-refractivity contribution in [1.82, 2.24) is 20.6 Å². The Labute approximate surface area is 195 Å². The lowest BCUT2D eigenvalue weighted by Crippen LogP contribution is -2.35. The van der Waals surface area contributed by atoms with Gasteiger partial charge in [-0.25, -0.2) is 4.98 Å². The molecule has 2 heterocycles. The zero-order valence-corrected chi connectivity index (χ0v) is 18.2. The highest BCUT2D eigenvalue weighted by atomic mass is 16.7. The van der Waals surface area contributed by atoms with Crippen molar-refractivity contribution in [1.29, 1.82) is 0 Å². The van der Waals surface area contributed by atoms with Gasteiger partial charge in [0.2, 0.25) is 6.79 Å². The fraction of sp³-hybridized carbons (Fsp3) is 0.115. The Morgan fingerprint density at radius 3 is 2.62 bits per heavy atom. The van der Waals surface area contributed by atoms with Gasteiger partial charge in [-0.2, -0.15) is 0 Å². The zero-order valence-electron chi connectivity index (χ0n) is 18.2. The van der Waals surface area contributed by atoms with E-state index in [1.165, 1.54) is 0 Å². The van der Waals surface area contributed by atoms with Crippen LogP contribution in [0.2, 0.25) is 0 Å². The van der Waals surface area contributed by atoms with Crippen molar-refractivity contribution in [3.63, 3.8) is 0 Å². The molecule has 0 atom stereocenters. The Morgan fingerprint density at radius 1 is 0.971 bits per heavy atom. The van der Waals surface area contributed by atoms with Gasteiger partial charge in [-0.05, 0) is 48.0 Å². The molecule has 4 aromatic rings. The molecule has 3 N–H and O–H groups in total. The summed E-state index contributed by atoms with van der Waals surface area (Å²) >= 11 is 0. The molecule has 170 valence electrons. The number of aromatic amines is 1. The molecule has 0 unspecified atom stereocenters. The fourth-order valence-electron chi connectivity index (χ4n) is 3.63. The summed E-state index contributed by atoms with van der Waals surface area (Å²) in [4.78, 5) is 33.5. The number of ether oxygens (including phenoxy) is 2. The Morgan fingerprint density at radius 2 is 1.76 bits per heavy atom. The highest BCUT2D eigenvalue weighted by Gasteiger charge is 2.17. The monoisotopic (exact) mass is 454 g/mol. The van der Waals surface area contributed by atoms with Gasteiger partial charge in [0.05, 0.1) is 11.0 Å². The van der Waals surface area contributed by atoms with Gasteiger partial charge in [0.15, 0.2) is 11.5 Å². The highest BCUT2D eigenvalue weighted by Crippen LogP contribution is 2.33. The number of nitrogens with one attached hydrogen (secondary N) is 3. The van der Waals surface area contributed by atoms with Crippen molar-refractivity contribution in [2.45, 2.75) is 6.42 Å². The lowest BCUT2D eigenvalue weighted by atomic mass is 10.1. The summed E-state index contributed by atoms with van der Waals surface area (Å²) in [6, 6.07) is 21.8. The topological polar surface area (TPSA) is 105 Å². The molecule has 1 aliphatic rings. The van der Waals surface area contributed by atoms with Crippen LogP contribution >= 0.6 is 0 Å². The molecular formula is C26H22N4O4. The first-order chi connectivity index (χ1) is 16.7. The quantitative estimate of drug-likeness (QED) is 0.371. The van der Waals surface area contributed by atoms with Crippen molar-refractivity contribution >= 4 is 28.9 Å². The summed E-state index contributed by atoms with van der Waals surface area (Å²) in [5.41, 5.74) is 3.09. The average Bonchev–Trinajstić information content (AvgIpc) is 3.50.